The standard InChI is InChI=1S/C19H20N4OS/c1-13(2)18-22-16(12-25-18)11-23(3)19(24)15-7-4-6-14(10-15)17-20-8-5-9-21-17/h4-10,12-13H,11H2,1-3H3. The van der Waals surface area contributed by atoms with Crippen LogP contribution in [0.15, 0.2) is 48.1 Å². The van der Waals surface area contributed by atoms with Crippen LogP contribution in [0.25, 0.3) is 11.4 Å². The summed E-state index contributed by atoms with van der Waals surface area (Å²) >= 11 is 1.64. The number of hydrogen-bond acceptors (Lipinski definition) is 5. The van der Waals surface area contributed by atoms with Gasteiger partial charge in [0.05, 0.1) is 17.2 Å². The highest BCUT2D eigenvalue weighted by Gasteiger charge is 2.15. The Kier molecular flexibility index (Phi) is 5.19. The summed E-state index contributed by atoms with van der Waals surface area (Å²) < 4.78 is 0. The molecule has 0 radical (unpaired) electrons. The van der Waals surface area contributed by atoms with Gasteiger partial charge in [0.15, 0.2) is 5.82 Å². The molecule has 0 saturated heterocycles. The average Bonchev–Trinajstić information content (AvgIpc) is 3.11. The molecule has 25 heavy (non-hydrogen) atoms. The topological polar surface area (TPSA) is 59.0 Å². The summed E-state index contributed by atoms with van der Waals surface area (Å²) in [7, 11) is 1.79. The first-order chi connectivity index (χ1) is 12.0. The highest BCUT2D eigenvalue weighted by atomic mass is 32.1. The Labute approximate surface area is 151 Å². The van der Waals surface area contributed by atoms with E-state index < -0.39 is 0 Å². The molecule has 0 atom stereocenters. The van der Waals surface area contributed by atoms with E-state index in [0.717, 1.165) is 16.3 Å². The first kappa shape index (κ1) is 17.2. The van der Waals surface area contributed by atoms with E-state index in [0.29, 0.717) is 23.9 Å². The van der Waals surface area contributed by atoms with Crippen molar-refractivity contribution in [3.05, 3.63) is 64.4 Å². The van der Waals surface area contributed by atoms with Crippen LogP contribution in [0.2, 0.25) is 0 Å². The van der Waals surface area contributed by atoms with Gasteiger partial charge in [-0.15, -0.1) is 11.3 Å². The van der Waals surface area contributed by atoms with Gasteiger partial charge in [-0.2, -0.15) is 0 Å². The van der Waals surface area contributed by atoms with Crippen LogP contribution in [0.1, 0.15) is 40.8 Å². The SMILES string of the molecule is CC(C)c1nc(CN(C)C(=O)c2cccc(-c3ncccn3)c2)cs1. The normalized spacial score (nSPS) is 10.9. The molecule has 0 spiro atoms. The maximum absolute atomic E-state index is 12.7. The molecule has 3 rings (SSSR count). The number of amides is 1. The molecule has 6 heteroatoms. The molecule has 2 aromatic heterocycles. The van der Waals surface area contributed by atoms with Crippen molar-refractivity contribution in [1.29, 1.82) is 0 Å². The summed E-state index contributed by atoms with van der Waals surface area (Å²) in [5.41, 5.74) is 2.37. The average molecular weight is 352 g/mol. The fourth-order valence-corrected chi connectivity index (χ4v) is 3.26. The van der Waals surface area contributed by atoms with Crippen LogP contribution in [0.5, 0.6) is 0 Å². The van der Waals surface area contributed by atoms with Gasteiger partial charge >= 0.3 is 0 Å². The Balaban J connectivity index is 1.75. The second-order valence-electron chi connectivity index (χ2n) is 6.15. The zero-order chi connectivity index (χ0) is 17.8. The molecule has 0 N–H and O–H groups in total. The Morgan fingerprint density at radius 2 is 1.96 bits per heavy atom. The summed E-state index contributed by atoms with van der Waals surface area (Å²) in [6.07, 6.45) is 3.38. The number of thiazole rings is 1. The van der Waals surface area contributed by atoms with Crippen molar-refractivity contribution in [2.24, 2.45) is 0 Å². The van der Waals surface area contributed by atoms with Crippen molar-refractivity contribution in [2.75, 3.05) is 7.05 Å². The molecule has 0 saturated carbocycles. The minimum Gasteiger partial charge on any atom is -0.336 e. The highest BCUT2D eigenvalue weighted by Crippen LogP contribution is 2.21. The van der Waals surface area contributed by atoms with Gasteiger partial charge in [0.1, 0.15) is 0 Å². The molecule has 0 bridgehead atoms. The van der Waals surface area contributed by atoms with E-state index in [9.17, 15) is 4.79 Å². The molecule has 5 nitrogen and oxygen atoms in total. The first-order valence-corrected chi connectivity index (χ1v) is 9.00. The molecular formula is C19H20N4OS. The third-order valence-corrected chi connectivity index (χ3v) is 4.94. The number of rotatable bonds is 5. The van der Waals surface area contributed by atoms with E-state index in [1.807, 2.05) is 29.6 Å². The van der Waals surface area contributed by atoms with Gasteiger partial charge < -0.3 is 4.90 Å². The van der Waals surface area contributed by atoms with Gasteiger partial charge in [0.25, 0.3) is 5.91 Å². The number of hydrogen-bond donors (Lipinski definition) is 0. The number of aromatic nitrogens is 3. The first-order valence-electron chi connectivity index (χ1n) is 8.12. The molecule has 0 aliphatic carbocycles. The van der Waals surface area contributed by atoms with E-state index in [4.69, 9.17) is 0 Å². The zero-order valence-corrected chi connectivity index (χ0v) is 15.3. The highest BCUT2D eigenvalue weighted by molar-refractivity contribution is 7.09. The van der Waals surface area contributed by atoms with Gasteiger partial charge in [-0.05, 0) is 18.2 Å². The molecule has 0 unspecified atom stereocenters. The van der Waals surface area contributed by atoms with Crippen molar-refractivity contribution in [3.8, 4) is 11.4 Å². The summed E-state index contributed by atoms with van der Waals surface area (Å²) in [4.78, 5) is 27.5. The monoisotopic (exact) mass is 352 g/mol. The van der Waals surface area contributed by atoms with Crippen molar-refractivity contribution in [2.45, 2.75) is 26.3 Å². The van der Waals surface area contributed by atoms with Crippen molar-refractivity contribution in [1.82, 2.24) is 19.9 Å². The Bertz CT molecular complexity index is 861. The van der Waals surface area contributed by atoms with Gasteiger partial charge in [0, 0.05) is 41.9 Å². The molecule has 2 heterocycles. The Morgan fingerprint density at radius 1 is 1.20 bits per heavy atom. The number of benzene rings is 1. The molecule has 128 valence electrons. The molecular weight excluding hydrogens is 332 g/mol. The second-order valence-corrected chi connectivity index (χ2v) is 7.04. The van der Waals surface area contributed by atoms with E-state index in [1.165, 1.54) is 0 Å². The van der Waals surface area contributed by atoms with E-state index in [2.05, 4.69) is 28.8 Å². The predicted octanol–water partition coefficient (Wildman–Crippen LogP) is 4.00. The minimum atomic E-state index is -0.0446. The van der Waals surface area contributed by atoms with E-state index in [1.54, 1.807) is 41.7 Å². The third kappa shape index (κ3) is 4.09. The smallest absolute Gasteiger partial charge is 0.253 e. The maximum Gasteiger partial charge on any atom is 0.253 e. The lowest BCUT2D eigenvalue weighted by atomic mass is 10.1. The lowest BCUT2D eigenvalue weighted by molar-refractivity contribution is 0.0783. The second kappa shape index (κ2) is 7.53. The quantitative estimate of drug-likeness (QED) is 0.696. The molecule has 0 fully saturated rings. The predicted molar refractivity (Wildman–Crippen MR) is 99.5 cm³/mol. The molecule has 0 aliphatic rings. The van der Waals surface area contributed by atoms with Crippen LogP contribution >= 0.6 is 11.3 Å². The van der Waals surface area contributed by atoms with E-state index >= 15 is 0 Å². The van der Waals surface area contributed by atoms with Gasteiger partial charge in [-0.1, -0.05) is 26.0 Å². The van der Waals surface area contributed by atoms with Crippen LogP contribution in [-0.2, 0) is 6.54 Å². The maximum atomic E-state index is 12.7. The number of nitrogens with zero attached hydrogens (tertiary/aromatic N) is 4. The van der Waals surface area contributed by atoms with Crippen LogP contribution in [0, 0.1) is 0 Å². The van der Waals surface area contributed by atoms with E-state index in [-0.39, 0.29) is 5.91 Å². The lowest BCUT2D eigenvalue weighted by Crippen LogP contribution is -2.26. The third-order valence-electron chi connectivity index (χ3n) is 3.74. The van der Waals surface area contributed by atoms with Gasteiger partial charge in [0.2, 0.25) is 0 Å². The fraction of sp³-hybridized carbons (Fsp3) is 0.263. The van der Waals surface area contributed by atoms with Crippen molar-refractivity contribution < 1.29 is 4.79 Å². The largest absolute Gasteiger partial charge is 0.336 e. The van der Waals surface area contributed by atoms with Gasteiger partial charge in [-0.3, -0.25) is 4.79 Å². The lowest BCUT2D eigenvalue weighted by Gasteiger charge is -2.16. The van der Waals surface area contributed by atoms with Crippen LogP contribution in [0.3, 0.4) is 0 Å². The van der Waals surface area contributed by atoms with Crippen molar-refractivity contribution in [3.63, 3.8) is 0 Å². The van der Waals surface area contributed by atoms with Crippen molar-refractivity contribution >= 4 is 17.2 Å². The summed E-state index contributed by atoms with van der Waals surface area (Å²) in [5, 5.41) is 3.12. The Morgan fingerprint density at radius 3 is 2.64 bits per heavy atom. The summed E-state index contributed by atoms with van der Waals surface area (Å²) in [6, 6.07) is 9.17. The zero-order valence-electron chi connectivity index (χ0n) is 14.5. The molecule has 1 amide bonds. The van der Waals surface area contributed by atoms with Crippen LogP contribution < -0.4 is 0 Å². The number of carbonyl (C=O) groups is 1. The molecule has 1 aromatic carbocycles. The fourth-order valence-electron chi connectivity index (χ4n) is 2.44. The minimum absolute atomic E-state index is 0.0446. The molecule has 3 aromatic rings. The number of carbonyl (C=O) groups excluding carboxylic acids is 1. The van der Waals surface area contributed by atoms with Gasteiger partial charge in [-0.25, -0.2) is 15.0 Å². The van der Waals surface area contributed by atoms with Crippen LogP contribution in [-0.4, -0.2) is 32.8 Å². The molecule has 0 aliphatic heterocycles. The summed E-state index contributed by atoms with van der Waals surface area (Å²) in [6.45, 7) is 4.73. The van der Waals surface area contributed by atoms with Crippen LogP contribution in [0.4, 0.5) is 0 Å². The summed E-state index contributed by atoms with van der Waals surface area (Å²) in [5.74, 6) is 0.972. The Hall–Kier alpha value is -2.60.